The number of aryl methyl sites for hydroxylation is 2. The summed E-state index contributed by atoms with van der Waals surface area (Å²) in [5, 5.41) is 0. The van der Waals surface area contributed by atoms with Crippen LogP contribution in [0.2, 0.25) is 0 Å². The summed E-state index contributed by atoms with van der Waals surface area (Å²) in [4.78, 5) is 4.92. The van der Waals surface area contributed by atoms with Gasteiger partial charge in [-0.15, -0.1) is 11.3 Å². The molecule has 0 bridgehead atoms. The third kappa shape index (κ3) is 9.89. The number of ether oxygens (including phenoxy) is 2. The molecule has 0 radical (unpaired) electrons. The first-order chi connectivity index (χ1) is 25.8. The number of nitrogens with zero attached hydrogens (tertiary/aromatic N) is 1. The summed E-state index contributed by atoms with van der Waals surface area (Å²) in [6.07, 6.45) is 11.7. The van der Waals surface area contributed by atoms with Crippen LogP contribution in [0.5, 0.6) is 0 Å². The third-order valence-corrected chi connectivity index (χ3v) is 12.6. The van der Waals surface area contributed by atoms with Crippen molar-refractivity contribution in [1.82, 2.24) is 0 Å². The molecule has 1 fully saturated rings. The lowest BCUT2D eigenvalue weighted by Gasteiger charge is -2.37. The highest BCUT2D eigenvalue weighted by molar-refractivity contribution is 7.18. The third-order valence-electron chi connectivity index (χ3n) is 11.5. The number of benzene rings is 4. The Balaban J connectivity index is 1.05. The normalized spacial score (nSPS) is 13.9. The second kappa shape index (κ2) is 18.6. The highest BCUT2D eigenvalue weighted by Gasteiger charge is 2.34. The van der Waals surface area contributed by atoms with Crippen LogP contribution >= 0.6 is 11.3 Å². The molecule has 4 aromatic carbocycles. The molecule has 0 saturated carbocycles. The Bertz CT molecular complexity index is 1810. The monoisotopic (exact) mass is 727 g/mol. The molecule has 0 amide bonds. The molecule has 4 heteroatoms. The minimum atomic E-state index is 0.0552. The second-order valence-corrected chi connectivity index (χ2v) is 16.9. The molecule has 5 aromatic rings. The summed E-state index contributed by atoms with van der Waals surface area (Å²) < 4.78 is 11.2. The summed E-state index contributed by atoms with van der Waals surface area (Å²) >= 11 is 1.87. The van der Waals surface area contributed by atoms with Crippen molar-refractivity contribution in [2.75, 3.05) is 38.4 Å². The van der Waals surface area contributed by atoms with Gasteiger partial charge >= 0.3 is 0 Å². The van der Waals surface area contributed by atoms with E-state index in [1.165, 1.54) is 93.0 Å². The van der Waals surface area contributed by atoms with Gasteiger partial charge in [-0.3, -0.25) is 0 Å². The van der Waals surface area contributed by atoms with Gasteiger partial charge in [-0.2, -0.15) is 0 Å². The summed E-state index contributed by atoms with van der Waals surface area (Å²) in [5.74, 6) is 0. The molecular formula is C49H61NO2S. The average Bonchev–Trinajstić information content (AvgIpc) is 3.68. The molecule has 0 aliphatic carbocycles. The van der Waals surface area contributed by atoms with Crippen LogP contribution in [-0.2, 0) is 21.3 Å². The molecule has 2 heterocycles. The van der Waals surface area contributed by atoms with Crippen molar-refractivity contribution in [3.05, 3.63) is 131 Å². The lowest BCUT2D eigenvalue weighted by atomic mass is 9.68. The number of rotatable bonds is 20. The van der Waals surface area contributed by atoms with Gasteiger partial charge in [-0.05, 0) is 110 Å². The Morgan fingerprint density at radius 2 is 1.19 bits per heavy atom. The predicted octanol–water partition coefficient (Wildman–Crippen LogP) is 13.6. The first-order valence-electron chi connectivity index (χ1n) is 20.2. The highest BCUT2D eigenvalue weighted by Crippen LogP contribution is 2.43. The SMILES string of the molecule is CCCCC(CCCC)(c1ccc(C)cc1)c1ccc(N(C)c2ccc(-c3ccc(-c4ccc(CCCCOCCC5(C)COC5)cc4)s3)cc2)cc1. The first-order valence-corrected chi connectivity index (χ1v) is 21.0. The van der Waals surface area contributed by atoms with Crippen LogP contribution in [0.25, 0.3) is 20.9 Å². The van der Waals surface area contributed by atoms with Crippen LogP contribution < -0.4 is 4.90 Å². The maximum Gasteiger partial charge on any atom is 0.0542 e. The van der Waals surface area contributed by atoms with Crippen molar-refractivity contribution < 1.29 is 9.47 Å². The van der Waals surface area contributed by atoms with E-state index in [1.807, 2.05) is 11.3 Å². The molecule has 0 N–H and O–H groups in total. The zero-order valence-electron chi connectivity index (χ0n) is 33.0. The standard InChI is InChI=1S/C49H61NO2S/c1-6-8-31-49(32-9-7-2,42-21-13-38(3)14-22-42)43-23-27-45(28-24-43)50(5)44-25-19-41(20-26-44)47-30-29-46(53-47)40-17-15-39(16-18-40)12-10-11-34-51-35-33-48(4)36-52-37-48/h13-30H,6-12,31-37H2,1-5H3. The second-order valence-electron chi connectivity index (χ2n) is 15.8. The number of hydrogen-bond acceptors (Lipinski definition) is 4. The molecule has 1 aliphatic heterocycles. The zero-order valence-corrected chi connectivity index (χ0v) is 33.8. The zero-order chi connectivity index (χ0) is 37.1. The number of thiophene rings is 1. The largest absolute Gasteiger partial charge is 0.381 e. The molecule has 53 heavy (non-hydrogen) atoms. The molecule has 1 aromatic heterocycles. The molecule has 0 spiro atoms. The fraction of sp³-hybridized carbons (Fsp3) is 0.429. The average molecular weight is 728 g/mol. The minimum Gasteiger partial charge on any atom is -0.381 e. The van der Waals surface area contributed by atoms with E-state index in [0.29, 0.717) is 5.41 Å². The van der Waals surface area contributed by atoms with Gasteiger partial charge in [0, 0.05) is 52.2 Å². The van der Waals surface area contributed by atoms with Crippen LogP contribution in [0.1, 0.15) is 101 Å². The molecule has 6 rings (SSSR count). The number of anilines is 2. The highest BCUT2D eigenvalue weighted by atomic mass is 32.1. The molecule has 3 nitrogen and oxygen atoms in total. The minimum absolute atomic E-state index is 0.0552. The maximum absolute atomic E-state index is 5.89. The van der Waals surface area contributed by atoms with Gasteiger partial charge in [0.25, 0.3) is 0 Å². The van der Waals surface area contributed by atoms with Gasteiger partial charge in [0.05, 0.1) is 13.2 Å². The van der Waals surface area contributed by atoms with E-state index < -0.39 is 0 Å². The predicted molar refractivity (Wildman–Crippen MR) is 228 cm³/mol. The molecule has 0 unspecified atom stereocenters. The Hall–Kier alpha value is -3.70. The Labute approximate surface area is 324 Å². The number of hydrogen-bond donors (Lipinski definition) is 0. The van der Waals surface area contributed by atoms with Crippen molar-refractivity contribution in [1.29, 1.82) is 0 Å². The molecular weight excluding hydrogens is 667 g/mol. The van der Waals surface area contributed by atoms with Crippen LogP contribution in [0.4, 0.5) is 11.4 Å². The molecule has 1 aliphatic rings. The molecule has 280 valence electrons. The van der Waals surface area contributed by atoms with E-state index in [2.05, 4.69) is 149 Å². The fourth-order valence-electron chi connectivity index (χ4n) is 7.73. The smallest absolute Gasteiger partial charge is 0.0542 e. The Morgan fingerprint density at radius 1 is 0.660 bits per heavy atom. The lowest BCUT2D eigenvalue weighted by Crippen LogP contribution is -2.40. The van der Waals surface area contributed by atoms with Gasteiger partial charge in [0.1, 0.15) is 0 Å². The summed E-state index contributed by atoms with van der Waals surface area (Å²) in [5.41, 5.74) is 11.0. The van der Waals surface area contributed by atoms with Crippen molar-refractivity contribution >= 4 is 22.7 Å². The van der Waals surface area contributed by atoms with E-state index in [4.69, 9.17) is 9.47 Å². The van der Waals surface area contributed by atoms with E-state index in [9.17, 15) is 0 Å². The van der Waals surface area contributed by atoms with E-state index in [-0.39, 0.29) is 5.41 Å². The molecule has 1 saturated heterocycles. The summed E-state index contributed by atoms with van der Waals surface area (Å²) in [7, 11) is 2.18. The maximum atomic E-state index is 5.89. The van der Waals surface area contributed by atoms with E-state index >= 15 is 0 Å². The van der Waals surface area contributed by atoms with Crippen LogP contribution in [-0.4, -0.2) is 33.5 Å². The van der Waals surface area contributed by atoms with Crippen molar-refractivity contribution in [2.24, 2.45) is 5.41 Å². The molecule has 0 atom stereocenters. The topological polar surface area (TPSA) is 21.7 Å². The van der Waals surface area contributed by atoms with Crippen LogP contribution in [0.3, 0.4) is 0 Å². The Kier molecular flexibility index (Phi) is 13.7. The quantitative estimate of drug-likeness (QED) is 0.0745. The lowest BCUT2D eigenvalue weighted by molar-refractivity contribution is -0.114. The van der Waals surface area contributed by atoms with Crippen molar-refractivity contribution in [3.8, 4) is 20.9 Å². The fourth-order valence-corrected chi connectivity index (χ4v) is 8.75. The number of unbranched alkanes of at least 4 members (excludes halogenated alkanes) is 3. The first kappa shape index (κ1) is 39.0. The van der Waals surface area contributed by atoms with Gasteiger partial charge in [0.15, 0.2) is 0 Å². The van der Waals surface area contributed by atoms with Gasteiger partial charge in [0.2, 0.25) is 0 Å². The summed E-state index contributed by atoms with van der Waals surface area (Å²) in [6, 6.07) is 41.5. The van der Waals surface area contributed by atoms with Gasteiger partial charge in [-0.1, -0.05) is 125 Å². The van der Waals surface area contributed by atoms with Crippen LogP contribution in [0, 0.1) is 12.3 Å². The van der Waals surface area contributed by atoms with Crippen molar-refractivity contribution in [2.45, 2.75) is 97.3 Å². The Morgan fingerprint density at radius 3 is 1.72 bits per heavy atom. The van der Waals surface area contributed by atoms with Crippen LogP contribution in [0.15, 0.2) is 109 Å². The summed E-state index contributed by atoms with van der Waals surface area (Å²) in [6.45, 7) is 12.6. The van der Waals surface area contributed by atoms with Gasteiger partial charge in [-0.25, -0.2) is 0 Å². The van der Waals surface area contributed by atoms with E-state index in [0.717, 1.165) is 52.1 Å². The van der Waals surface area contributed by atoms with Crippen molar-refractivity contribution in [3.63, 3.8) is 0 Å². The van der Waals surface area contributed by atoms with Gasteiger partial charge < -0.3 is 14.4 Å². The van der Waals surface area contributed by atoms with E-state index in [1.54, 1.807) is 0 Å².